The largest absolute Gasteiger partial charge is 0.459 e. The smallest absolute Gasteiger partial charge is 0.289 e. The average molecular weight is 389 g/mol. The molecule has 1 saturated heterocycles. The lowest BCUT2D eigenvalue weighted by Gasteiger charge is -2.37. The van der Waals surface area contributed by atoms with Gasteiger partial charge >= 0.3 is 0 Å². The van der Waals surface area contributed by atoms with Gasteiger partial charge in [-0.2, -0.15) is 0 Å². The lowest BCUT2D eigenvalue weighted by Crippen LogP contribution is -2.52. The normalized spacial score (nSPS) is 23.4. The van der Waals surface area contributed by atoms with Crippen LogP contribution in [-0.2, 0) is 9.59 Å². The van der Waals surface area contributed by atoms with Crippen molar-refractivity contribution in [2.45, 2.75) is 52.0 Å². The van der Waals surface area contributed by atoms with Gasteiger partial charge in [0.25, 0.3) is 5.91 Å². The van der Waals surface area contributed by atoms with Gasteiger partial charge in [0.1, 0.15) is 0 Å². The summed E-state index contributed by atoms with van der Waals surface area (Å²) in [6, 6.07) is 3.36. The summed E-state index contributed by atoms with van der Waals surface area (Å²) < 4.78 is 5.17. The fourth-order valence-corrected chi connectivity index (χ4v) is 4.02. The molecule has 2 fully saturated rings. The molecule has 0 spiro atoms. The van der Waals surface area contributed by atoms with Crippen LogP contribution in [-0.4, -0.2) is 59.2 Å². The molecule has 3 amide bonds. The summed E-state index contributed by atoms with van der Waals surface area (Å²) in [6.07, 6.45) is 4.52. The van der Waals surface area contributed by atoms with Crippen LogP contribution < -0.4 is 5.32 Å². The second kappa shape index (κ2) is 8.37. The first kappa shape index (κ1) is 20.4. The molecule has 0 radical (unpaired) electrons. The first-order valence-electron chi connectivity index (χ1n) is 10.2. The van der Waals surface area contributed by atoms with E-state index < -0.39 is 0 Å². The molecule has 28 heavy (non-hydrogen) atoms. The van der Waals surface area contributed by atoms with Gasteiger partial charge in [0.15, 0.2) is 5.76 Å². The first-order valence-corrected chi connectivity index (χ1v) is 10.2. The molecule has 0 atom stereocenters. The molecule has 1 aromatic heterocycles. The van der Waals surface area contributed by atoms with Crippen LogP contribution in [0.3, 0.4) is 0 Å². The van der Waals surface area contributed by atoms with Gasteiger partial charge in [0, 0.05) is 43.6 Å². The van der Waals surface area contributed by atoms with Crippen molar-refractivity contribution in [1.82, 2.24) is 15.1 Å². The maximum atomic E-state index is 12.9. The number of amides is 3. The minimum absolute atomic E-state index is 0.00559. The molecule has 1 aliphatic heterocycles. The predicted octanol–water partition coefficient (Wildman–Crippen LogP) is 2.29. The van der Waals surface area contributed by atoms with E-state index >= 15 is 0 Å². The van der Waals surface area contributed by atoms with Gasteiger partial charge in [-0.1, -0.05) is 0 Å². The monoisotopic (exact) mass is 389 g/mol. The first-order chi connectivity index (χ1) is 13.2. The highest BCUT2D eigenvalue weighted by Gasteiger charge is 2.34. The summed E-state index contributed by atoms with van der Waals surface area (Å²) in [5.74, 6) is 0.481. The molecule has 1 aromatic rings. The van der Waals surface area contributed by atoms with Gasteiger partial charge in [0.05, 0.1) is 6.26 Å². The molecular weight excluding hydrogens is 358 g/mol. The van der Waals surface area contributed by atoms with E-state index in [2.05, 4.69) is 5.32 Å². The number of nitrogens with one attached hydrogen (secondary N) is 1. The Bertz CT molecular complexity index is 692. The Morgan fingerprint density at radius 1 is 0.964 bits per heavy atom. The highest BCUT2D eigenvalue weighted by atomic mass is 16.3. The van der Waals surface area contributed by atoms with Gasteiger partial charge < -0.3 is 19.5 Å². The lowest BCUT2D eigenvalue weighted by molar-refractivity contribution is -0.140. The molecule has 1 N–H and O–H groups in total. The molecule has 2 heterocycles. The van der Waals surface area contributed by atoms with Gasteiger partial charge in [-0.25, -0.2) is 0 Å². The number of piperazine rings is 1. The summed E-state index contributed by atoms with van der Waals surface area (Å²) >= 11 is 0. The van der Waals surface area contributed by atoms with Crippen LogP contribution >= 0.6 is 0 Å². The van der Waals surface area contributed by atoms with Gasteiger partial charge in [0.2, 0.25) is 11.8 Å². The number of hydrogen-bond donors (Lipinski definition) is 1. The Morgan fingerprint density at radius 2 is 1.54 bits per heavy atom. The van der Waals surface area contributed by atoms with E-state index in [1.165, 1.54) is 6.26 Å². The van der Waals surface area contributed by atoms with Crippen molar-refractivity contribution in [2.24, 2.45) is 11.8 Å². The van der Waals surface area contributed by atoms with Crippen LogP contribution in [0.1, 0.15) is 57.0 Å². The molecule has 1 aliphatic carbocycles. The van der Waals surface area contributed by atoms with E-state index in [1.54, 1.807) is 17.0 Å². The van der Waals surface area contributed by atoms with E-state index in [0.29, 0.717) is 31.9 Å². The van der Waals surface area contributed by atoms with Crippen LogP contribution in [0.2, 0.25) is 0 Å². The van der Waals surface area contributed by atoms with Gasteiger partial charge in [-0.05, 0) is 58.6 Å². The van der Waals surface area contributed by atoms with E-state index in [9.17, 15) is 14.4 Å². The molecular formula is C21H31N3O4. The van der Waals surface area contributed by atoms with Crippen molar-refractivity contribution in [3.05, 3.63) is 24.2 Å². The van der Waals surface area contributed by atoms with E-state index in [1.807, 2.05) is 25.7 Å². The minimum Gasteiger partial charge on any atom is -0.459 e. The zero-order valence-corrected chi connectivity index (χ0v) is 17.1. The number of nitrogens with zero attached hydrogens (tertiary/aromatic N) is 2. The Balaban J connectivity index is 1.45. The molecule has 7 heteroatoms. The van der Waals surface area contributed by atoms with Crippen molar-refractivity contribution in [1.29, 1.82) is 0 Å². The Hall–Kier alpha value is -2.31. The molecule has 154 valence electrons. The van der Waals surface area contributed by atoms with Gasteiger partial charge in [-0.15, -0.1) is 0 Å². The van der Waals surface area contributed by atoms with E-state index in [4.69, 9.17) is 4.42 Å². The number of hydrogen-bond acceptors (Lipinski definition) is 4. The van der Waals surface area contributed by atoms with Crippen LogP contribution in [0.25, 0.3) is 0 Å². The Labute approximate surface area is 166 Å². The highest BCUT2D eigenvalue weighted by molar-refractivity contribution is 5.91. The zero-order valence-electron chi connectivity index (χ0n) is 17.1. The molecule has 2 aliphatic rings. The Kier molecular flexibility index (Phi) is 6.10. The third-order valence-electron chi connectivity index (χ3n) is 5.56. The molecule has 7 nitrogen and oxygen atoms in total. The Morgan fingerprint density at radius 3 is 2.07 bits per heavy atom. The van der Waals surface area contributed by atoms with Crippen LogP contribution in [0.5, 0.6) is 0 Å². The number of rotatable bonds is 3. The van der Waals surface area contributed by atoms with Gasteiger partial charge in [-0.3, -0.25) is 14.4 Å². The van der Waals surface area contributed by atoms with Crippen molar-refractivity contribution < 1.29 is 18.8 Å². The summed E-state index contributed by atoms with van der Waals surface area (Å²) in [6.45, 7) is 8.09. The summed E-state index contributed by atoms with van der Waals surface area (Å²) in [4.78, 5) is 41.1. The standard InChI is InChI=1S/C21H31N3O4/c1-21(2,3)22-18(25)15-6-8-16(9-7-15)19(26)23-10-12-24(13-11-23)20(27)17-5-4-14-28-17/h4-5,14-16H,6-13H2,1-3H3,(H,22,25). The lowest BCUT2D eigenvalue weighted by atomic mass is 9.80. The maximum absolute atomic E-state index is 12.9. The predicted molar refractivity (Wildman–Crippen MR) is 105 cm³/mol. The SMILES string of the molecule is CC(C)(C)NC(=O)C1CCC(C(=O)N2CCN(C(=O)c3ccco3)CC2)CC1. The summed E-state index contributed by atoms with van der Waals surface area (Å²) in [5, 5.41) is 3.04. The third-order valence-corrected chi connectivity index (χ3v) is 5.56. The van der Waals surface area contributed by atoms with Crippen molar-refractivity contribution in [2.75, 3.05) is 26.2 Å². The zero-order chi connectivity index (χ0) is 20.3. The quantitative estimate of drug-likeness (QED) is 0.860. The third kappa shape index (κ3) is 4.94. The second-order valence-corrected chi connectivity index (χ2v) is 8.88. The topological polar surface area (TPSA) is 82.9 Å². The summed E-state index contributed by atoms with van der Waals surface area (Å²) in [5.41, 5.74) is -0.226. The molecule has 1 saturated carbocycles. The molecule has 0 aromatic carbocycles. The van der Waals surface area contributed by atoms with Crippen LogP contribution in [0.15, 0.2) is 22.8 Å². The van der Waals surface area contributed by atoms with Crippen LogP contribution in [0, 0.1) is 11.8 Å². The number of furan rings is 1. The van der Waals surface area contributed by atoms with Crippen molar-refractivity contribution in [3.8, 4) is 0 Å². The van der Waals surface area contributed by atoms with E-state index in [0.717, 1.165) is 25.7 Å². The fourth-order valence-electron chi connectivity index (χ4n) is 4.02. The maximum Gasteiger partial charge on any atom is 0.289 e. The summed E-state index contributed by atoms with van der Waals surface area (Å²) in [7, 11) is 0. The fraction of sp³-hybridized carbons (Fsp3) is 0.667. The molecule has 0 unspecified atom stereocenters. The minimum atomic E-state index is -0.226. The van der Waals surface area contributed by atoms with Crippen molar-refractivity contribution >= 4 is 17.7 Å². The molecule has 0 bridgehead atoms. The average Bonchev–Trinajstić information content (AvgIpc) is 3.20. The van der Waals surface area contributed by atoms with E-state index in [-0.39, 0.29) is 35.1 Å². The van der Waals surface area contributed by atoms with Crippen molar-refractivity contribution in [3.63, 3.8) is 0 Å². The number of carbonyl (C=O) groups is 3. The van der Waals surface area contributed by atoms with Crippen LogP contribution in [0.4, 0.5) is 0 Å². The second-order valence-electron chi connectivity index (χ2n) is 8.88. The highest BCUT2D eigenvalue weighted by Crippen LogP contribution is 2.31. The number of carbonyl (C=O) groups excluding carboxylic acids is 3. The molecule has 3 rings (SSSR count).